The van der Waals surface area contributed by atoms with Crippen molar-refractivity contribution < 1.29 is 14.3 Å². The van der Waals surface area contributed by atoms with Crippen LogP contribution >= 0.6 is 34.2 Å². The molecule has 0 radical (unpaired) electrons. The van der Waals surface area contributed by atoms with Gasteiger partial charge in [0.15, 0.2) is 11.5 Å². The summed E-state index contributed by atoms with van der Waals surface area (Å²) < 4.78 is 14.7. The number of hydrogen-bond acceptors (Lipinski definition) is 4. The smallest absolute Gasteiger partial charge is 0.356 e. The molecule has 0 aliphatic heterocycles. The normalized spacial score (nSPS) is 10.5. The van der Waals surface area contributed by atoms with E-state index in [1.165, 1.54) is 6.20 Å². The number of nitrogens with two attached hydrogens (primary N) is 1. The molecule has 0 aliphatic rings. The van der Waals surface area contributed by atoms with E-state index in [2.05, 4.69) is 9.97 Å². The molecule has 0 amide bonds. The minimum Gasteiger partial charge on any atom is -0.476 e. The molecule has 98 valence electrons. The van der Waals surface area contributed by atoms with Crippen molar-refractivity contribution in [2.45, 2.75) is 0 Å². The van der Waals surface area contributed by atoms with Gasteiger partial charge in [0, 0.05) is 11.8 Å². The van der Waals surface area contributed by atoms with Gasteiger partial charge < -0.3 is 10.8 Å². The number of rotatable bonds is 2. The van der Waals surface area contributed by atoms with Crippen molar-refractivity contribution in [3.8, 4) is 11.3 Å². The van der Waals surface area contributed by atoms with Gasteiger partial charge >= 0.3 is 5.97 Å². The second-order valence-electron chi connectivity index (χ2n) is 3.53. The average Bonchev–Trinajstić information content (AvgIpc) is 2.37. The molecule has 3 N–H and O–H groups in total. The number of pyridine rings is 2. The summed E-state index contributed by atoms with van der Waals surface area (Å²) in [7, 11) is 0. The first-order valence-electron chi connectivity index (χ1n) is 4.91. The first-order chi connectivity index (χ1) is 8.91. The Bertz CT molecular complexity index is 664. The van der Waals surface area contributed by atoms with Gasteiger partial charge in [-0.25, -0.2) is 19.2 Å². The van der Waals surface area contributed by atoms with Crippen LogP contribution < -0.4 is 5.73 Å². The van der Waals surface area contributed by atoms with E-state index in [1.54, 1.807) is 12.1 Å². The Hall–Kier alpha value is -1.48. The summed E-state index contributed by atoms with van der Waals surface area (Å²) >= 11 is 7.64. The standard InChI is InChI=1S/C11H6ClFIN3O2/c12-6-8(15)7(13)9(17-10(6)11(18)19)4-1-2-5(14)16-3-4/h1-3H,(H2,15,17)(H,18,19). The van der Waals surface area contributed by atoms with E-state index < -0.39 is 28.2 Å². The van der Waals surface area contributed by atoms with Gasteiger partial charge in [-0.3, -0.25) is 0 Å². The third-order valence-corrected chi connectivity index (χ3v) is 3.34. The molecule has 2 heterocycles. The van der Waals surface area contributed by atoms with Crippen molar-refractivity contribution in [2.75, 3.05) is 5.73 Å². The minimum atomic E-state index is -1.38. The predicted octanol–water partition coefficient (Wildman–Crippen LogP) is 2.82. The lowest BCUT2D eigenvalue weighted by atomic mass is 10.1. The van der Waals surface area contributed by atoms with Gasteiger partial charge in [-0.1, -0.05) is 11.6 Å². The van der Waals surface area contributed by atoms with Crippen LogP contribution in [0, 0.1) is 9.52 Å². The monoisotopic (exact) mass is 393 g/mol. The van der Waals surface area contributed by atoms with Crippen LogP contribution in [0.3, 0.4) is 0 Å². The van der Waals surface area contributed by atoms with E-state index in [4.69, 9.17) is 22.4 Å². The lowest BCUT2D eigenvalue weighted by molar-refractivity contribution is 0.0691. The summed E-state index contributed by atoms with van der Waals surface area (Å²) in [6, 6.07) is 3.21. The van der Waals surface area contributed by atoms with Crippen LogP contribution in [0.2, 0.25) is 5.02 Å². The van der Waals surface area contributed by atoms with Gasteiger partial charge in [0.05, 0.1) is 10.7 Å². The van der Waals surface area contributed by atoms with E-state index in [9.17, 15) is 9.18 Å². The SMILES string of the molecule is Nc1c(F)c(-c2ccc(I)nc2)nc(C(=O)O)c1Cl. The molecule has 0 saturated heterocycles. The second-order valence-corrected chi connectivity index (χ2v) is 5.01. The first kappa shape index (κ1) is 13.9. The van der Waals surface area contributed by atoms with Crippen LogP contribution in [-0.2, 0) is 0 Å². The maximum atomic E-state index is 14.0. The highest BCUT2D eigenvalue weighted by atomic mass is 127. The van der Waals surface area contributed by atoms with E-state index in [0.29, 0.717) is 9.26 Å². The van der Waals surface area contributed by atoms with E-state index >= 15 is 0 Å². The maximum absolute atomic E-state index is 14.0. The highest BCUT2D eigenvalue weighted by Gasteiger charge is 2.21. The van der Waals surface area contributed by atoms with Gasteiger partial charge in [-0.05, 0) is 34.7 Å². The van der Waals surface area contributed by atoms with Crippen LogP contribution in [0.1, 0.15) is 10.5 Å². The van der Waals surface area contributed by atoms with E-state index in [-0.39, 0.29) is 5.69 Å². The minimum absolute atomic E-state index is 0.191. The number of anilines is 1. The molecule has 2 aromatic heterocycles. The molecule has 19 heavy (non-hydrogen) atoms. The van der Waals surface area contributed by atoms with Gasteiger partial charge in [0.1, 0.15) is 9.39 Å². The summed E-state index contributed by atoms with van der Waals surface area (Å²) in [5, 5.41) is 8.54. The molecular weight excluding hydrogens is 387 g/mol. The number of halogens is 3. The van der Waals surface area contributed by atoms with Crippen LogP contribution in [-0.4, -0.2) is 21.0 Å². The van der Waals surface area contributed by atoms with Crippen molar-refractivity contribution in [3.63, 3.8) is 0 Å². The third kappa shape index (κ3) is 2.61. The highest BCUT2D eigenvalue weighted by Crippen LogP contribution is 2.31. The fourth-order valence-electron chi connectivity index (χ4n) is 1.41. The molecule has 0 saturated carbocycles. The van der Waals surface area contributed by atoms with Gasteiger partial charge in [-0.2, -0.15) is 0 Å². The molecule has 0 unspecified atom stereocenters. The van der Waals surface area contributed by atoms with E-state index in [1.807, 2.05) is 22.6 Å². The lowest BCUT2D eigenvalue weighted by Crippen LogP contribution is -2.08. The zero-order valence-corrected chi connectivity index (χ0v) is 12.1. The summed E-state index contributed by atoms with van der Waals surface area (Å²) in [6.45, 7) is 0. The maximum Gasteiger partial charge on any atom is 0.356 e. The molecule has 0 fully saturated rings. The molecule has 8 heteroatoms. The number of aromatic nitrogens is 2. The van der Waals surface area contributed by atoms with Gasteiger partial charge in [0.2, 0.25) is 0 Å². The van der Waals surface area contributed by atoms with Crippen LogP contribution in [0.4, 0.5) is 10.1 Å². The third-order valence-electron chi connectivity index (χ3n) is 2.32. The average molecular weight is 394 g/mol. The zero-order chi connectivity index (χ0) is 14.2. The Morgan fingerprint density at radius 1 is 1.47 bits per heavy atom. The quantitative estimate of drug-likeness (QED) is 0.605. The Morgan fingerprint density at radius 3 is 2.68 bits per heavy atom. The Kier molecular flexibility index (Phi) is 3.85. The van der Waals surface area contributed by atoms with Gasteiger partial charge in [-0.15, -0.1) is 0 Å². The number of carbonyl (C=O) groups is 1. The molecule has 0 aromatic carbocycles. The van der Waals surface area contributed by atoms with Crippen molar-refractivity contribution >= 4 is 45.8 Å². The van der Waals surface area contributed by atoms with Crippen molar-refractivity contribution in [1.29, 1.82) is 0 Å². The molecule has 5 nitrogen and oxygen atoms in total. The number of hydrogen-bond donors (Lipinski definition) is 2. The lowest BCUT2D eigenvalue weighted by Gasteiger charge is -2.09. The second kappa shape index (κ2) is 5.25. The summed E-state index contributed by atoms with van der Waals surface area (Å²) in [6.07, 6.45) is 1.38. The van der Waals surface area contributed by atoms with Crippen LogP contribution in [0.15, 0.2) is 18.3 Å². The number of aromatic carboxylic acids is 1. The first-order valence-corrected chi connectivity index (χ1v) is 6.37. The number of carboxylic acid groups (broad SMARTS) is 1. The van der Waals surface area contributed by atoms with Crippen LogP contribution in [0.5, 0.6) is 0 Å². The Labute approximate surface area is 125 Å². The highest BCUT2D eigenvalue weighted by molar-refractivity contribution is 14.1. The van der Waals surface area contributed by atoms with Crippen molar-refractivity contribution in [3.05, 3.63) is 38.6 Å². The molecule has 0 spiro atoms. The molecule has 2 aromatic rings. The number of nitrogens with zero attached hydrogens (tertiary/aromatic N) is 2. The van der Waals surface area contributed by atoms with Crippen molar-refractivity contribution in [2.24, 2.45) is 0 Å². The Morgan fingerprint density at radius 2 is 2.16 bits per heavy atom. The zero-order valence-electron chi connectivity index (χ0n) is 9.19. The van der Waals surface area contributed by atoms with Gasteiger partial charge in [0.25, 0.3) is 0 Å². The number of nitrogen functional groups attached to an aromatic ring is 1. The molecule has 0 bridgehead atoms. The largest absolute Gasteiger partial charge is 0.476 e. The predicted molar refractivity (Wildman–Crippen MR) is 76.5 cm³/mol. The fourth-order valence-corrected chi connectivity index (χ4v) is 1.94. The Balaban J connectivity index is 2.70. The van der Waals surface area contributed by atoms with Crippen LogP contribution in [0.25, 0.3) is 11.3 Å². The molecule has 0 atom stereocenters. The summed E-state index contributed by atoms with van der Waals surface area (Å²) in [5.74, 6) is -2.24. The van der Waals surface area contributed by atoms with Crippen molar-refractivity contribution in [1.82, 2.24) is 9.97 Å². The van der Waals surface area contributed by atoms with E-state index in [0.717, 1.165) is 0 Å². The fraction of sp³-hybridized carbons (Fsp3) is 0. The summed E-state index contributed by atoms with van der Waals surface area (Å²) in [5.41, 5.74) is 4.65. The molecule has 0 aliphatic carbocycles. The molecular formula is C11H6ClFIN3O2. The number of carboxylic acids is 1. The topological polar surface area (TPSA) is 89.1 Å². The summed E-state index contributed by atoms with van der Waals surface area (Å²) in [4.78, 5) is 18.7. The molecule has 2 rings (SSSR count).